The Balaban J connectivity index is 1.83. The minimum atomic E-state index is -3.54. The molecule has 156 valence electrons. The van der Waals surface area contributed by atoms with Crippen LogP contribution < -0.4 is 5.32 Å². The predicted molar refractivity (Wildman–Crippen MR) is 110 cm³/mol. The summed E-state index contributed by atoms with van der Waals surface area (Å²) in [6, 6.07) is 9.02. The molecule has 1 N–H and O–H groups in total. The van der Waals surface area contributed by atoms with Crippen molar-refractivity contribution in [3.8, 4) is 5.69 Å². The number of aromatic nitrogens is 2. The van der Waals surface area contributed by atoms with Crippen molar-refractivity contribution in [2.24, 2.45) is 0 Å². The van der Waals surface area contributed by atoms with Gasteiger partial charge in [0, 0.05) is 23.6 Å². The standard InChI is InChI=1S/C21H19F2N3O3S/c1-13-18(14(2)26(25-13)16-6-4-15(22)5-7-16)9-11-21(27)24-20-12-17(30(3,28)29)8-10-19(20)23/h4-12H,1-3H3,(H,24,27)/b11-9+. The van der Waals surface area contributed by atoms with E-state index in [9.17, 15) is 22.0 Å². The highest BCUT2D eigenvalue weighted by atomic mass is 32.2. The van der Waals surface area contributed by atoms with Crippen molar-refractivity contribution in [2.45, 2.75) is 18.7 Å². The van der Waals surface area contributed by atoms with E-state index in [1.54, 1.807) is 30.7 Å². The average molecular weight is 431 g/mol. The normalized spacial score (nSPS) is 11.8. The third kappa shape index (κ3) is 4.62. The Morgan fingerprint density at radius 2 is 1.77 bits per heavy atom. The highest BCUT2D eigenvalue weighted by Crippen LogP contribution is 2.21. The van der Waals surface area contributed by atoms with Gasteiger partial charge in [-0.15, -0.1) is 0 Å². The summed E-state index contributed by atoms with van der Waals surface area (Å²) in [6.07, 6.45) is 3.74. The van der Waals surface area contributed by atoms with Crippen molar-refractivity contribution in [1.82, 2.24) is 9.78 Å². The van der Waals surface area contributed by atoms with Crippen LogP contribution in [0.5, 0.6) is 0 Å². The number of hydrogen-bond donors (Lipinski definition) is 1. The molecule has 2 aromatic carbocycles. The second-order valence-corrected chi connectivity index (χ2v) is 8.72. The smallest absolute Gasteiger partial charge is 0.248 e. The zero-order chi connectivity index (χ0) is 22.1. The van der Waals surface area contributed by atoms with Gasteiger partial charge in [0.1, 0.15) is 11.6 Å². The van der Waals surface area contributed by atoms with Crippen LogP contribution in [0.3, 0.4) is 0 Å². The molecule has 0 aliphatic rings. The SMILES string of the molecule is Cc1nn(-c2ccc(F)cc2)c(C)c1/C=C/C(=O)Nc1cc(S(C)(=O)=O)ccc1F. The molecule has 1 aromatic heterocycles. The maximum atomic E-state index is 14.0. The van der Waals surface area contributed by atoms with E-state index in [4.69, 9.17) is 0 Å². The molecule has 0 spiro atoms. The van der Waals surface area contributed by atoms with Crippen molar-refractivity contribution in [3.63, 3.8) is 0 Å². The van der Waals surface area contributed by atoms with Gasteiger partial charge < -0.3 is 5.32 Å². The highest BCUT2D eigenvalue weighted by molar-refractivity contribution is 7.90. The first-order valence-corrected chi connectivity index (χ1v) is 10.8. The molecular formula is C21H19F2N3O3S. The monoisotopic (exact) mass is 431 g/mol. The molecule has 3 rings (SSSR count). The molecule has 0 atom stereocenters. The van der Waals surface area contributed by atoms with Crippen LogP contribution in [0.15, 0.2) is 53.4 Å². The van der Waals surface area contributed by atoms with Crippen molar-refractivity contribution in [3.05, 3.63) is 77.1 Å². The Bertz CT molecular complexity index is 1250. The Labute approximate surface area is 172 Å². The first kappa shape index (κ1) is 21.4. The zero-order valence-corrected chi connectivity index (χ0v) is 17.3. The first-order valence-electron chi connectivity index (χ1n) is 8.87. The molecule has 3 aromatic rings. The molecule has 0 bridgehead atoms. The van der Waals surface area contributed by atoms with Crippen LogP contribution in [-0.2, 0) is 14.6 Å². The Morgan fingerprint density at radius 3 is 2.40 bits per heavy atom. The van der Waals surface area contributed by atoms with Crippen LogP contribution in [0.25, 0.3) is 11.8 Å². The van der Waals surface area contributed by atoms with E-state index in [1.807, 2.05) is 0 Å². The van der Waals surface area contributed by atoms with E-state index in [0.29, 0.717) is 16.9 Å². The summed E-state index contributed by atoms with van der Waals surface area (Å²) in [5.74, 6) is -1.74. The molecule has 30 heavy (non-hydrogen) atoms. The van der Waals surface area contributed by atoms with E-state index in [-0.39, 0.29) is 16.4 Å². The fourth-order valence-electron chi connectivity index (χ4n) is 2.89. The number of sulfone groups is 1. The van der Waals surface area contributed by atoms with Gasteiger partial charge in [-0.3, -0.25) is 4.79 Å². The van der Waals surface area contributed by atoms with Crippen molar-refractivity contribution < 1.29 is 22.0 Å². The molecule has 6 nitrogen and oxygen atoms in total. The average Bonchev–Trinajstić information content (AvgIpc) is 2.95. The number of amides is 1. The highest BCUT2D eigenvalue weighted by Gasteiger charge is 2.14. The largest absolute Gasteiger partial charge is 0.320 e. The third-order valence-corrected chi connectivity index (χ3v) is 5.55. The van der Waals surface area contributed by atoms with Gasteiger partial charge in [-0.05, 0) is 62.4 Å². The molecule has 0 fully saturated rings. The number of rotatable bonds is 5. The lowest BCUT2D eigenvalue weighted by molar-refractivity contribution is -0.111. The van der Waals surface area contributed by atoms with E-state index < -0.39 is 21.6 Å². The Morgan fingerprint density at radius 1 is 1.10 bits per heavy atom. The molecule has 0 radical (unpaired) electrons. The van der Waals surface area contributed by atoms with Crippen LogP contribution in [0.1, 0.15) is 17.0 Å². The lowest BCUT2D eigenvalue weighted by Gasteiger charge is -2.06. The molecule has 9 heteroatoms. The summed E-state index contributed by atoms with van der Waals surface area (Å²) < 4.78 is 52.0. The molecule has 0 aliphatic heterocycles. The van der Waals surface area contributed by atoms with Crippen LogP contribution in [0, 0.1) is 25.5 Å². The number of nitrogens with one attached hydrogen (secondary N) is 1. The summed E-state index contributed by atoms with van der Waals surface area (Å²) in [6.45, 7) is 3.57. The van der Waals surface area contributed by atoms with Crippen LogP contribution in [0.2, 0.25) is 0 Å². The van der Waals surface area contributed by atoms with Gasteiger partial charge in [-0.25, -0.2) is 21.9 Å². The molecule has 0 saturated heterocycles. The molecule has 1 amide bonds. The number of aryl methyl sites for hydroxylation is 1. The van der Waals surface area contributed by atoms with Crippen molar-refractivity contribution in [2.75, 3.05) is 11.6 Å². The minimum absolute atomic E-state index is 0.101. The lowest BCUT2D eigenvalue weighted by atomic mass is 10.2. The molecule has 1 heterocycles. The fourth-order valence-corrected chi connectivity index (χ4v) is 3.54. The molecule has 0 saturated carbocycles. The number of anilines is 1. The van der Waals surface area contributed by atoms with E-state index in [2.05, 4.69) is 10.4 Å². The number of nitrogens with zero attached hydrogens (tertiary/aromatic N) is 2. The zero-order valence-electron chi connectivity index (χ0n) is 16.5. The van der Waals surface area contributed by atoms with Crippen LogP contribution >= 0.6 is 0 Å². The van der Waals surface area contributed by atoms with Gasteiger partial charge in [0.2, 0.25) is 5.91 Å². The van der Waals surface area contributed by atoms with E-state index in [1.165, 1.54) is 24.3 Å². The maximum absolute atomic E-state index is 14.0. The topological polar surface area (TPSA) is 81.1 Å². The Hall–Kier alpha value is -3.33. The second kappa shape index (κ2) is 8.19. The predicted octanol–water partition coefficient (Wildman–Crippen LogP) is 3.82. The van der Waals surface area contributed by atoms with Crippen molar-refractivity contribution in [1.29, 1.82) is 0 Å². The quantitative estimate of drug-likeness (QED) is 0.492. The van der Waals surface area contributed by atoms with Crippen LogP contribution in [-0.4, -0.2) is 30.4 Å². The van der Waals surface area contributed by atoms with Crippen LogP contribution in [0.4, 0.5) is 14.5 Å². The minimum Gasteiger partial charge on any atom is -0.320 e. The summed E-state index contributed by atoms with van der Waals surface area (Å²) in [7, 11) is -3.54. The van der Waals surface area contributed by atoms with E-state index >= 15 is 0 Å². The first-order chi connectivity index (χ1) is 14.1. The number of carbonyl (C=O) groups excluding carboxylic acids is 1. The summed E-state index contributed by atoms with van der Waals surface area (Å²) in [4.78, 5) is 12.2. The van der Waals surface area contributed by atoms with Gasteiger partial charge in [-0.1, -0.05) is 0 Å². The van der Waals surface area contributed by atoms with Gasteiger partial charge in [0.05, 0.1) is 22.0 Å². The Kier molecular flexibility index (Phi) is 5.84. The molecule has 0 aliphatic carbocycles. The van der Waals surface area contributed by atoms with Crippen molar-refractivity contribution >= 4 is 27.5 Å². The van der Waals surface area contributed by atoms with Gasteiger partial charge >= 0.3 is 0 Å². The summed E-state index contributed by atoms with van der Waals surface area (Å²) in [5.41, 5.74) is 2.49. The second-order valence-electron chi connectivity index (χ2n) is 6.71. The fraction of sp³-hybridized carbons (Fsp3) is 0.143. The van der Waals surface area contributed by atoms with Gasteiger partial charge in [0.15, 0.2) is 9.84 Å². The lowest BCUT2D eigenvalue weighted by Crippen LogP contribution is -2.10. The number of carbonyl (C=O) groups is 1. The summed E-state index contributed by atoms with van der Waals surface area (Å²) >= 11 is 0. The van der Waals surface area contributed by atoms with Gasteiger partial charge in [-0.2, -0.15) is 5.10 Å². The number of hydrogen-bond acceptors (Lipinski definition) is 4. The number of benzene rings is 2. The van der Waals surface area contributed by atoms with E-state index in [0.717, 1.165) is 30.1 Å². The van der Waals surface area contributed by atoms with Gasteiger partial charge in [0.25, 0.3) is 0 Å². The third-order valence-electron chi connectivity index (χ3n) is 4.44. The molecular weight excluding hydrogens is 412 g/mol. The number of halogens is 2. The summed E-state index contributed by atoms with van der Waals surface area (Å²) in [5, 5.41) is 6.75. The maximum Gasteiger partial charge on any atom is 0.248 e. The molecule has 0 unspecified atom stereocenters.